The highest BCUT2D eigenvalue weighted by Gasteiger charge is 2.17. The molecule has 0 spiro atoms. The van der Waals surface area contributed by atoms with Crippen molar-refractivity contribution in [2.45, 2.75) is 12.3 Å². The Morgan fingerprint density at radius 3 is 2.81 bits per heavy atom. The molecule has 0 bridgehead atoms. The minimum atomic E-state index is -1.11. The molecule has 16 heavy (non-hydrogen) atoms. The maximum atomic E-state index is 10.5. The van der Waals surface area contributed by atoms with Gasteiger partial charge in [-0.05, 0) is 5.56 Å². The average molecular weight is 220 g/mol. The molecule has 1 rings (SSSR count). The largest absolute Gasteiger partial charge is 0.481 e. The van der Waals surface area contributed by atoms with Crippen LogP contribution in [0.4, 0.5) is 5.69 Å². The van der Waals surface area contributed by atoms with Crippen molar-refractivity contribution in [1.29, 1.82) is 5.26 Å². The lowest BCUT2D eigenvalue weighted by atomic mass is 9.97. The summed E-state index contributed by atoms with van der Waals surface area (Å²) in [6.45, 7) is 0. The summed E-state index contributed by atoms with van der Waals surface area (Å²) in [5, 5.41) is 27.8. The normalized spacial score (nSPS) is 11.4. The minimum absolute atomic E-state index is 0.150. The van der Waals surface area contributed by atoms with Crippen LogP contribution in [0.2, 0.25) is 0 Å². The van der Waals surface area contributed by atoms with Crippen LogP contribution >= 0.6 is 0 Å². The number of nitrogens with zero attached hydrogens (tertiary/aromatic N) is 2. The molecule has 0 heterocycles. The molecule has 6 nitrogen and oxygen atoms in total. The zero-order valence-corrected chi connectivity index (χ0v) is 8.16. The molecule has 1 unspecified atom stereocenters. The van der Waals surface area contributed by atoms with Crippen molar-refractivity contribution in [1.82, 2.24) is 0 Å². The molecule has 0 saturated carbocycles. The van der Waals surface area contributed by atoms with Gasteiger partial charge in [-0.2, -0.15) is 5.26 Å². The number of carbonyl (C=O) groups is 1. The monoisotopic (exact) mass is 220 g/mol. The molecule has 0 amide bonds. The fourth-order valence-electron chi connectivity index (χ4n) is 1.27. The van der Waals surface area contributed by atoms with E-state index in [0.29, 0.717) is 5.56 Å². The van der Waals surface area contributed by atoms with Crippen molar-refractivity contribution < 1.29 is 14.8 Å². The minimum Gasteiger partial charge on any atom is -0.481 e. The van der Waals surface area contributed by atoms with Gasteiger partial charge in [0.05, 0.1) is 23.3 Å². The van der Waals surface area contributed by atoms with E-state index in [1.807, 2.05) is 6.07 Å². The van der Waals surface area contributed by atoms with Crippen molar-refractivity contribution in [2.75, 3.05) is 0 Å². The lowest BCUT2D eigenvalue weighted by Crippen LogP contribution is -2.04. The van der Waals surface area contributed by atoms with Crippen molar-refractivity contribution in [3.63, 3.8) is 0 Å². The quantitative estimate of drug-likeness (QED) is 0.613. The molecule has 0 fully saturated rings. The third-order valence-electron chi connectivity index (χ3n) is 2.02. The summed E-state index contributed by atoms with van der Waals surface area (Å²) in [4.78, 5) is 20.4. The Morgan fingerprint density at radius 2 is 2.31 bits per heavy atom. The van der Waals surface area contributed by atoms with Gasteiger partial charge in [-0.3, -0.25) is 14.9 Å². The molecule has 82 valence electrons. The van der Waals surface area contributed by atoms with Crippen LogP contribution < -0.4 is 0 Å². The molecule has 1 aromatic rings. The van der Waals surface area contributed by atoms with Gasteiger partial charge in [0.15, 0.2) is 0 Å². The summed E-state index contributed by atoms with van der Waals surface area (Å²) in [6.07, 6.45) is -0.363. The third kappa shape index (κ3) is 2.78. The zero-order chi connectivity index (χ0) is 12.1. The predicted molar refractivity (Wildman–Crippen MR) is 53.7 cm³/mol. The maximum Gasteiger partial charge on any atom is 0.305 e. The second kappa shape index (κ2) is 4.89. The Kier molecular flexibility index (Phi) is 3.56. The highest BCUT2D eigenvalue weighted by atomic mass is 16.6. The smallest absolute Gasteiger partial charge is 0.305 e. The van der Waals surface area contributed by atoms with Gasteiger partial charge in [0.2, 0.25) is 0 Å². The molecule has 1 atom stereocenters. The Labute approximate surface area is 90.9 Å². The second-order valence-corrected chi connectivity index (χ2v) is 3.13. The summed E-state index contributed by atoms with van der Waals surface area (Å²) < 4.78 is 0. The average Bonchev–Trinajstić information content (AvgIpc) is 2.25. The number of nitriles is 1. The summed E-state index contributed by atoms with van der Waals surface area (Å²) in [6, 6.07) is 7.26. The maximum absolute atomic E-state index is 10.5. The summed E-state index contributed by atoms with van der Waals surface area (Å²) >= 11 is 0. The van der Waals surface area contributed by atoms with Gasteiger partial charge >= 0.3 is 5.97 Å². The van der Waals surface area contributed by atoms with Crippen LogP contribution in [0.3, 0.4) is 0 Å². The number of rotatable bonds is 4. The first-order chi connectivity index (χ1) is 7.54. The Hall–Kier alpha value is -2.42. The van der Waals surface area contributed by atoms with E-state index in [1.54, 1.807) is 0 Å². The molecule has 1 aromatic carbocycles. The first kappa shape index (κ1) is 11.7. The highest BCUT2D eigenvalue weighted by Crippen LogP contribution is 2.22. The van der Waals surface area contributed by atoms with Crippen LogP contribution in [0.25, 0.3) is 0 Å². The van der Waals surface area contributed by atoms with E-state index < -0.39 is 16.8 Å². The fraction of sp³-hybridized carbons (Fsp3) is 0.200. The number of hydrogen-bond donors (Lipinski definition) is 1. The standard InChI is InChI=1S/C10H8N2O4/c11-6-8(5-10(13)14)7-2-1-3-9(4-7)12(15)16/h1-4,8H,5H2,(H,13,14). The third-order valence-corrected chi connectivity index (χ3v) is 2.02. The number of hydrogen-bond acceptors (Lipinski definition) is 4. The topological polar surface area (TPSA) is 104 Å². The summed E-state index contributed by atoms with van der Waals surface area (Å²) in [7, 11) is 0. The van der Waals surface area contributed by atoms with E-state index in [1.165, 1.54) is 24.3 Å². The molecular formula is C10H8N2O4. The molecule has 0 saturated heterocycles. The first-order valence-corrected chi connectivity index (χ1v) is 4.40. The Morgan fingerprint density at radius 1 is 1.62 bits per heavy atom. The van der Waals surface area contributed by atoms with Crippen molar-refractivity contribution in [3.05, 3.63) is 39.9 Å². The lowest BCUT2D eigenvalue weighted by molar-refractivity contribution is -0.384. The highest BCUT2D eigenvalue weighted by molar-refractivity contribution is 5.68. The van der Waals surface area contributed by atoms with Crippen LogP contribution in [0, 0.1) is 21.4 Å². The Balaban J connectivity index is 3.02. The van der Waals surface area contributed by atoms with E-state index in [2.05, 4.69) is 0 Å². The van der Waals surface area contributed by atoms with Gasteiger partial charge in [0.1, 0.15) is 0 Å². The number of carboxylic acids is 1. The van der Waals surface area contributed by atoms with E-state index in [0.717, 1.165) is 0 Å². The lowest BCUT2D eigenvalue weighted by Gasteiger charge is -2.05. The number of aliphatic carboxylic acids is 1. The number of nitro benzene ring substituents is 1. The van der Waals surface area contributed by atoms with Gasteiger partial charge in [-0.25, -0.2) is 0 Å². The number of benzene rings is 1. The molecule has 0 aliphatic heterocycles. The van der Waals surface area contributed by atoms with E-state index in [-0.39, 0.29) is 12.1 Å². The summed E-state index contributed by atoms with van der Waals surface area (Å²) in [5.74, 6) is -1.98. The molecule has 6 heteroatoms. The Bertz CT molecular complexity index is 464. The van der Waals surface area contributed by atoms with E-state index in [9.17, 15) is 14.9 Å². The van der Waals surface area contributed by atoms with Gasteiger partial charge in [-0.1, -0.05) is 12.1 Å². The SMILES string of the molecule is N#CC(CC(=O)O)c1cccc([N+](=O)[O-])c1. The zero-order valence-electron chi connectivity index (χ0n) is 8.16. The van der Waals surface area contributed by atoms with Crippen LogP contribution in [0.5, 0.6) is 0 Å². The number of nitro groups is 1. The van der Waals surface area contributed by atoms with Gasteiger partial charge < -0.3 is 5.11 Å². The van der Waals surface area contributed by atoms with Crippen molar-refractivity contribution in [3.8, 4) is 6.07 Å². The fourth-order valence-corrected chi connectivity index (χ4v) is 1.27. The van der Waals surface area contributed by atoms with Crippen LogP contribution in [0.1, 0.15) is 17.9 Å². The molecule has 1 N–H and O–H groups in total. The number of carboxylic acid groups (broad SMARTS) is 1. The predicted octanol–water partition coefficient (Wildman–Crippen LogP) is 1.68. The molecule has 0 aliphatic rings. The molecule has 0 radical (unpaired) electrons. The summed E-state index contributed by atoms with van der Waals surface area (Å²) in [5.41, 5.74) is 0.197. The van der Waals surface area contributed by atoms with Gasteiger partial charge in [0, 0.05) is 12.1 Å². The molecular weight excluding hydrogens is 212 g/mol. The first-order valence-electron chi connectivity index (χ1n) is 4.40. The van der Waals surface area contributed by atoms with Crippen LogP contribution in [0.15, 0.2) is 24.3 Å². The molecule has 0 aromatic heterocycles. The van der Waals surface area contributed by atoms with Crippen molar-refractivity contribution >= 4 is 11.7 Å². The number of non-ortho nitro benzene ring substituents is 1. The van der Waals surface area contributed by atoms with Crippen LogP contribution in [-0.2, 0) is 4.79 Å². The van der Waals surface area contributed by atoms with Gasteiger partial charge in [-0.15, -0.1) is 0 Å². The van der Waals surface area contributed by atoms with E-state index in [4.69, 9.17) is 10.4 Å². The second-order valence-electron chi connectivity index (χ2n) is 3.13. The van der Waals surface area contributed by atoms with E-state index >= 15 is 0 Å². The van der Waals surface area contributed by atoms with Gasteiger partial charge in [0.25, 0.3) is 5.69 Å². The molecule has 0 aliphatic carbocycles. The van der Waals surface area contributed by atoms with Crippen molar-refractivity contribution in [2.24, 2.45) is 0 Å². The van der Waals surface area contributed by atoms with Crippen LogP contribution in [-0.4, -0.2) is 16.0 Å².